The molecule has 0 spiro atoms. The van der Waals surface area contributed by atoms with Crippen LogP contribution in [0.1, 0.15) is 42.6 Å². The van der Waals surface area contributed by atoms with Gasteiger partial charge in [-0.25, -0.2) is 0 Å². The second-order valence-corrected chi connectivity index (χ2v) is 5.27. The van der Waals surface area contributed by atoms with Crippen molar-refractivity contribution in [3.05, 3.63) is 35.4 Å². The van der Waals surface area contributed by atoms with Gasteiger partial charge in [-0.2, -0.15) is 0 Å². The SMILES string of the molecule is CCCc1cccc(C(=O)C2(C)CCNC2)c1. The summed E-state index contributed by atoms with van der Waals surface area (Å²) in [4.78, 5) is 12.5. The van der Waals surface area contributed by atoms with Gasteiger partial charge < -0.3 is 5.32 Å². The molecule has 1 aliphatic rings. The van der Waals surface area contributed by atoms with E-state index in [9.17, 15) is 4.79 Å². The average Bonchev–Trinajstić information content (AvgIpc) is 2.77. The molecular formula is C15H21NO. The Labute approximate surface area is 103 Å². The van der Waals surface area contributed by atoms with Gasteiger partial charge in [0.25, 0.3) is 0 Å². The summed E-state index contributed by atoms with van der Waals surface area (Å²) in [5.74, 6) is 0.292. The number of rotatable bonds is 4. The van der Waals surface area contributed by atoms with E-state index in [2.05, 4.69) is 31.3 Å². The molecule has 2 nitrogen and oxygen atoms in total. The number of nitrogens with one attached hydrogen (secondary N) is 1. The summed E-state index contributed by atoms with van der Waals surface area (Å²) in [6.45, 7) is 6.00. The third-order valence-electron chi connectivity index (χ3n) is 3.64. The molecule has 1 saturated heterocycles. The van der Waals surface area contributed by atoms with Crippen molar-refractivity contribution in [3.63, 3.8) is 0 Å². The molecule has 1 fully saturated rings. The normalized spacial score (nSPS) is 23.9. The number of carbonyl (C=O) groups excluding carboxylic acids is 1. The third-order valence-corrected chi connectivity index (χ3v) is 3.64. The smallest absolute Gasteiger partial charge is 0.170 e. The highest BCUT2D eigenvalue weighted by Crippen LogP contribution is 2.29. The molecule has 1 N–H and O–H groups in total. The van der Waals surface area contributed by atoms with Gasteiger partial charge in [0.15, 0.2) is 5.78 Å². The van der Waals surface area contributed by atoms with E-state index >= 15 is 0 Å². The van der Waals surface area contributed by atoms with Crippen LogP contribution in [-0.4, -0.2) is 18.9 Å². The highest BCUT2D eigenvalue weighted by Gasteiger charge is 2.36. The van der Waals surface area contributed by atoms with Crippen molar-refractivity contribution in [2.45, 2.75) is 33.1 Å². The summed E-state index contributed by atoms with van der Waals surface area (Å²) in [5.41, 5.74) is 1.94. The van der Waals surface area contributed by atoms with Gasteiger partial charge >= 0.3 is 0 Å². The molecule has 0 bridgehead atoms. The molecule has 0 aliphatic carbocycles. The van der Waals surface area contributed by atoms with E-state index < -0.39 is 0 Å². The van der Waals surface area contributed by atoms with E-state index in [1.807, 2.05) is 12.1 Å². The summed E-state index contributed by atoms with van der Waals surface area (Å²) in [6, 6.07) is 8.12. The zero-order chi connectivity index (χ0) is 12.3. The van der Waals surface area contributed by atoms with Gasteiger partial charge in [-0.15, -0.1) is 0 Å². The Kier molecular flexibility index (Phi) is 3.63. The fourth-order valence-corrected chi connectivity index (χ4v) is 2.52. The maximum atomic E-state index is 12.5. The van der Waals surface area contributed by atoms with Crippen LogP contribution in [0.5, 0.6) is 0 Å². The first-order chi connectivity index (χ1) is 8.15. The van der Waals surface area contributed by atoms with E-state index in [1.54, 1.807) is 0 Å². The zero-order valence-electron chi connectivity index (χ0n) is 10.8. The molecule has 0 amide bonds. The fraction of sp³-hybridized carbons (Fsp3) is 0.533. The minimum absolute atomic E-state index is 0.204. The highest BCUT2D eigenvalue weighted by atomic mass is 16.1. The van der Waals surface area contributed by atoms with Gasteiger partial charge in [0.1, 0.15) is 0 Å². The number of benzene rings is 1. The van der Waals surface area contributed by atoms with Crippen molar-refractivity contribution in [2.75, 3.05) is 13.1 Å². The predicted molar refractivity (Wildman–Crippen MR) is 70.4 cm³/mol. The molecule has 0 radical (unpaired) electrons. The molecule has 2 heteroatoms. The molecule has 2 rings (SSSR count). The summed E-state index contributed by atoms with van der Waals surface area (Å²) < 4.78 is 0. The Morgan fingerprint density at radius 3 is 2.94 bits per heavy atom. The van der Waals surface area contributed by atoms with E-state index in [0.29, 0.717) is 5.78 Å². The molecule has 1 unspecified atom stereocenters. The topological polar surface area (TPSA) is 29.1 Å². The number of hydrogen-bond acceptors (Lipinski definition) is 2. The largest absolute Gasteiger partial charge is 0.316 e. The molecule has 1 aliphatic heterocycles. The van der Waals surface area contributed by atoms with Crippen LogP contribution in [-0.2, 0) is 6.42 Å². The van der Waals surface area contributed by atoms with Crippen LogP contribution in [0.2, 0.25) is 0 Å². The van der Waals surface area contributed by atoms with Crippen molar-refractivity contribution in [3.8, 4) is 0 Å². The van der Waals surface area contributed by atoms with Crippen molar-refractivity contribution >= 4 is 5.78 Å². The van der Waals surface area contributed by atoms with Gasteiger partial charge in [0.2, 0.25) is 0 Å². The number of aryl methyl sites for hydroxylation is 1. The van der Waals surface area contributed by atoms with Crippen molar-refractivity contribution < 1.29 is 4.79 Å². The monoisotopic (exact) mass is 231 g/mol. The molecule has 1 aromatic carbocycles. The van der Waals surface area contributed by atoms with E-state index in [0.717, 1.165) is 37.9 Å². The number of hydrogen-bond donors (Lipinski definition) is 1. The first kappa shape index (κ1) is 12.3. The minimum atomic E-state index is -0.204. The molecule has 1 aromatic rings. The van der Waals surface area contributed by atoms with Crippen molar-refractivity contribution in [1.29, 1.82) is 0 Å². The Morgan fingerprint density at radius 2 is 2.29 bits per heavy atom. The first-order valence-electron chi connectivity index (χ1n) is 6.50. The quantitative estimate of drug-likeness (QED) is 0.807. The van der Waals surface area contributed by atoms with Gasteiger partial charge in [-0.1, -0.05) is 38.5 Å². The molecule has 17 heavy (non-hydrogen) atoms. The first-order valence-corrected chi connectivity index (χ1v) is 6.50. The Hall–Kier alpha value is -1.15. The van der Waals surface area contributed by atoms with E-state index in [-0.39, 0.29) is 5.41 Å². The van der Waals surface area contributed by atoms with Crippen LogP contribution in [0.25, 0.3) is 0 Å². The number of ketones is 1. The van der Waals surface area contributed by atoms with E-state index in [4.69, 9.17) is 0 Å². The third kappa shape index (κ3) is 2.58. The molecular weight excluding hydrogens is 210 g/mol. The highest BCUT2D eigenvalue weighted by molar-refractivity contribution is 6.00. The molecule has 1 atom stereocenters. The van der Waals surface area contributed by atoms with Gasteiger partial charge in [-0.3, -0.25) is 4.79 Å². The van der Waals surface area contributed by atoms with Crippen LogP contribution in [0, 0.1) is 5.41 Å². The Morgan fingerprint density at radius 1 is 1.47 bits per heavy atom. The van der Waals surface area contributed by atoms with Gasteiger partial charge in [0.05, 0.1) is 0 Å². The lowest BCUT2D eigenvalue weighted by Gasteiger charge is -2.21. The molecule has 0 saturated carbocycles. The van der Waals surface area contributed by atoms with Crippen LogP contribution in [0.3, 0.4) is 0 Å². The van der Waals surface area contributed by atoms with Crippen LogP contribution < -0.4 is 5.32 Å². The number of carbonyl (C=O) groups is 1. The van der Waals surface area contributed by atoms with Crippen molar-refractivity contribution in [2.24, 2.45) is 5.41 Å². The zero-order valence-corrected chi connectivity index (χ0v) is 10.8. The van der Waals surface area contributed by atoms with Gasteiger partial charge in [0, 0.05) is 17.5 Å². The lowest BCUT2D eigenvalue weighted by Crippen LogP contribution is -2.30. The van der Waals surface area contributed by atoms with Crippen molar-refractivity contribution in [1.82, 2.24) is 5.32 Å². The summed E-state index contributed by atoms with van der Waals surface area (Å²) >= 11 is 0. The Bertz CT molecular complexity index is 405. The van der Waals surface area contributed by atoms with Crippen LogP contribution in [0.15, 0.2) is 24.3 Å². The lowest BCUT2D eigenvalue weighted by atomic mass is 9.81. The Balaban J connectivity index is 2.21. The second-order valence-electron chi connectivity index (χ2n) is 5.27. The van der Waals surface area contributed by atoms with Crippen LogP contribution in [0.4, 0.5) is 0 Å². The fourth-order valence-electron chi connectivity index (χ4n) is 2.52. The number of Topliss-reactive ketones (excluding diaryl/α,β-unsaturated/α-hetero) is 1. The molecule has 92 valence electrons. The van der Waals surface area contributed by atoms with E-state index in [1.165, 1.54) is 5.56 Å². The maximum Gasteiger partial charge on any atom is 0.170 e. The lowest BCUT2D eigenvalue weighted by molar-refractivity contribution is 0.0839. The average molecular weight is 231 g/mol. The minimum Gasteiger partial charge on any atom is -0.316 e. The van der Waals surface area contributed by atoms with Gasteiger partial charge in [-0.05, 0) is 31.0 Å². The summed E-state index contributed by atoms with van der Waals surface area (Å²) in [5, 5.41) is 3.28. The summed E-state index contributed by atoms with van der Waals surface area (Å²) in [6.07, 6.45) is 3.12. The van der Waals surface area contributed by atoms with Crippen LogP contribution >= 0.6 is 0 Å². The predicted octanol–water partition coefficient (Wildman–Crippen LogP) is 2.82. The standard InChI is InChI=1S/C15H21NO/c1-3-5-12-6-4-7-13(10-12)14(17)15(2)8-9-16-11-15/h4,6-7,10,16H,3,5,8-9,11H2,1-2H3. The maximum absolute atomic E-state index is 12.5. The molecule has 1 heterocycles. The second kappa shape index (κ2) is 5.01. The summed E-state index contributed by atoms with van der Waals surface area (Å²) in [7, 11) is 0. The molecule has 0 aromatic heterocycles.